The minimum absolute atomic E-state index is 0.538. The molecular formula is C10H11ClN2. The average molecular weight is 195 g/mol. The highest BCUT2D eigenvalue weighted by atomic mass is 35.5. The second kappa shape index (κ2) is 3.11. The predicted molar refractivity (Wildman–Crippen MR) is 53.6 cm³/mol. The van der Waals surface area contributed by atoms with Crippen LogP contribution in [0.5, 0.6) is 0 Å². The molecule has 1 unspecified atom stereocenters. The van der Waals surface area contributed by atoms with Crippen molar-refractivity contribution in [2.24, 2.45) is 5.92 Å². The molecule has 0 spiro atoms. The lowest BCUT2D eigenvalue weighted by Crippen LogP contribution is -2.09. The average Bonchev–Trinajstić information content (AvgIpc) is 2.07. The van der Waals surface area contributed by atoms with E-state index >= 15 is 0 Å². The van der Waals surface area contributed by atoms with E-state index < -0.39 is 0 Å². The van der Waals surface area contributed by atoms with E-state index in [1.807, 2.05) is 0 Å². The molecule has 13 heavy (non-hydrogen) atoms. The van der Waals surface area contributed by atoms with Gasteiger partial charge in [-0.15, -0.1) is 0 Å². The van der Waals surface area contributed by atoms with Crippen LogP contribution in [0.3, 0.4) is 0 Å². The topological polar surface area (TPSA) is 25.8 Å². The summed E-state index contributed by atoms with van der Waals surface area (Å²) in [4.78, 5) is 8.22. The zero-order valence-corrected chi connectivity index (χ0v) is 8.47. The largest absolute Gasteiger partial charge is 0.236 e. The number of nitrogens with zero attached hydrogens (tertiary/aromatic N) is 2. The Morgan fingerprint density at radius 2 is 2.23 bits per heavy atom. The van der Waals surface area contributed by atoms with Gasteiger partial charge in [-0.2, -0.15) is 0 Å². The Balaban J connectivity index is 2.59. The fourth-order valence-corrected chi connectivity index (χ4v) is 2.01. The van der Waals surface area contributed by atoms with E-state index in [1.165, 1.54) is 11.9 Å². The van der Waals surface area contributed by atoms with Gasteiger partial charge in [-0.1, -0.05) is 24.6 Å². The monoisotopic (exact) mass is 194 g/mol. The van der Waals surface area contributed by atoms with Gasteiger partial charge in [-0.05, 0) is 24.8 Å². The smallest absolute Gasteiger partial charge is 0.136 e. The van der Waals surface area contributed by atoms with Crippen molar-refractivity contribution in [3.05, 3.63) is 28.8 Å². The van der Waals surface area contributed by atoms with E-state index in [0.717, 1.165) is 17.7 Å². The lowest BCUT2D eigenvalue weighted by atomic mass is 9.90. The van der Waals surface area contributed by atoms with E-state index in [4.69, 9.17) is 11.6 Å². The number of fused-ring (bicyclic) bond motifs is 1. The minimum atomic E-state index is 0.538. The first kappa shape index (κ1) is 8.70. The lowest BCUT2D eigenvalue weighted by Gasteiger charge is -2.18. The summed E-state index contributed by atoms with van der Waals surface area (Å²) in [6.07, 6.45) is 4.70. The molecule has 68 valence electrons. The zero-order chi connectivity index (χ0) is 9.42. The normalized spacial score (nSPS) is 20.8. The van der Waals surface area contributed by atoms with Crippen LogP contribution in [0.1, 0.15) is 25.1 Å². The third-order valence-corrected chi connectivity index (χ3v) is 2.65. The van der Waals surface area contributed by atoms with Crippen LogP contribution >= 0.6 is 11.6 Å². The van der Waals surface area contributed by atoms with Gasteiger partial charge >= 0.3 is 0 Å². The molecule has 0 N–H and O–H groups in total. The third-order valence-electron chi connectivity index (χ3n) is 2.33. The number of hydrogen-bond acceptors (Lipinski definition) is 2. The highest BCUT2D eigenvalue weighted by Gasteiger charge is 2.18. The van der Waals surface area contributed by atoms with Crippen molar-refractivity contribution in [1.29, 1.82) is 0 Å². The Hall–Kier alpha value is -0.890. The van der Waals surface area contributed by atoms with Crippen molar-refractivity contribution < 1.29 is 0 Å². The van der Waals surface area contributed by atoms with E-state index in [2.05, 4.69) is 29.9 Å². The summed E-state index contributed by atoms with van der Waals surface area (Å²) in [6, 6.07) is 0. The molecule has 1 aliphatic carbocycles. The lowest BCUT2D eigenvalue weighted by molar-refractivity contribution is 0.703. The molecule has 1 aliphatic rings. The maximum atomic E-state index is 5.99. The number of allylic oxidation sites excluding steroid dienone is 2. The van der Waals surface area contributed by atoms with E-state index in [1.54, 1.807) is 0 Å². The quantitative estimate of drug-likeness (QED) is 0.594. The molecule has 0 aromatic carbocycles. The molecule has 2 nitrogen and oxygen atoms in total. The molecule has 2 rings (SSSR count). The molecule has 0 bridgehead atoms. The Labute approximate surface area is 82.7 Å². The van der Waals surface area contributed by atoms with Crippen molar-refractivity contribution in [2.75, 3.05) is 0 Å². The summed E-state index contributed by atoms with van der Waals surface area (Å²) in [6.45, 7) is 4.24. The maximum absolute atomic E-state index is 5.99. The van der Waals surface area contributed by atoms with Crippen LogP contribution < -0.4 is 0 Å². The summed E-state index contributed by atoms with van der Waals surface area (Å²) in [7, 11) is 0. The van der Waals surface area contributed by atoms with Gasteiger partial charge in [-0.25, -0.2) is 9.97 Å². The Kier molecular flexibility index (Phi) is 2.08. The molecule has 0 aliphatic heterocycles. The van der Waals surface area contributed by atoms with Crippen LogP contribution in [0, 0.1) is 5.92 Å². The van der Waals surface area contributed by atoms with Gasteiger partial charge in [0.1, 0.15) is 11.5 Å². The number of hydrogen-bond donors (Lipinski definition) is 0. The first-order valence-electron chi connectivity index (χ1n) is 4.36. The Morgan fingerprint density at radius 3 is 3.00 bits per heavy atom. The number of rotatable bonds is 0. The van der Waals surface area contributed by atoms with Crippen LogP contribution in [-0.4, -0.2) is 9.97 Å². The number of halogens is 1. The standard InChI is InChI=1S/C10H11ClN2/c1-6-3-7(2)9-8(4-6)10(11)13-5-12-9/h3,5-6H,4H2,1-2H3. The van der Waals surface area contributed by atoms with Crippen molar-refractivity contribution in [3.63, 3.8) is 0 Å². The van der Waals surface area contributed by atoms with E-state index in [9.17, 15) is 0 Å². The summed E-state index contributed by atoms with van der Waals surface area (Å²) in [5.41, 5.74) is 3.31. The van der Waals surface area contributed by atoms with Gasteiger partial charge in [0.05, 0.1) is 5.69 Å². The molecular weight excluding hydrogens is 184 g/mol. The summed E-state index contributed by atoms with van der Waals surface area (Å²) in [5.74, 6) is 0.538. The summed E-state index contributed by atoms with van der Waals surface area (Å²) < 4.78 is 0. The second-order valence-electron chi connectivity index (χ2n) is 3.52. The minimum Gasteiger partial charge on any atom is -0.236 e. The molecule has 0 fully saturated rings. The maximum Gasteiger partial charge on any atom is 0.136 e. The summed E-state index contributed by atoms with van der Waals surface area (Å²) >= 11 is 5.99. The van der Waals surface area contributed by atoms with Gasteiger partial charge in [0.25, 0.3) is 0 Å². The zero-order valence-electron chi connectivity index (χ0n) is 7.71. The SMILES string of the molecule is CC1=CC(C)Cc2c(Cl)ncnc21. The first-order valence-corrected chi connectivity index (χ1v) is 4.74. The predicted octanol–water partition coefficient (Wildman–Crippen LogP) is 2.73. The molecule has 1 aromatic rings. The van der Waals surface area contributed by atoms with Crippen LogP contribution in [0.4, 0.5) is 0 Å². The third kappa shape index (κ3) is 1.46. The molecule has 0 radical (unpaired) electrons. The molecule has 0 amide bonds. The molecule has 0 saturated carbocycles. The molecule has 1 aromatic heterocycles. The fourth-order valence-electron chi connectivity index (χ4n) is 1.80. The fraction of sp³-hybridized carbons (Fsp3) is 0.400. The van der Waals surface area contributed by atoms with Gasteiger partial charge in [0, 0.05) is 5.56 Å². The van der Waals surface area contributed by atoms with Crippen molar-refractivity contribution in [1.82, 2.24) is 9.97 Å². The second-order valence-corrected chi connectivity index (χ2v) is 3.88. The van der Waals surface area contributed by atoms with E-state index in [0.29, 0.717) is 11.1 Å². The van der Waals surface area contributed by atoms with Gasteiger partial charge in [0.2, 0.25) is 0 Å². The van der Waals surface area contributed by atoms with E-state index in [-0.39, 0.29) is 0 Å². The van der Waals surface area contributed by atoms with Crippen LogP contribution in [0.15, 0.2) is 12.4 Å². The first-order chi connectivity index (χ1) is 6.18. The van der Waals surface area contributed by atoms with Gasteiger partial charge in [0.15, 0.2) is 0 Å². The van der Waals surface area contributed by atoms with Crippen molar-refractivity contribution in [3.8, 4) is 0 Å². The molecule has 1 atom stereocenters. The Bertz CT molecular complexity index is 371. The molecule has 1 heterocycles. The van der Waals surface area contributed by atoms with Crippen LogP contribution in [0.2, 0.25) is 5.15 Å². The Morgan fingerprint density at radius 1 is 1.46 bits per heavy atom. The van der Waals surface area contributed by atoms with Gasteiger partial charge < -0.3 is 0 Å². The highest BCUT2D eigenvalue weighted by Crippen LogP contribution is 2.30. The van der Waals surface area contributed by atoms with Crippen LogP contribution in [0.25, 0.3) is 5.57 Å². The molecule has 0 saturated heterocycles. The molecule has 3 heteroatoms. The van der Waals surface area contributed by atoms with Gasteiger partial charge in [-0.3, -0.25) is 0 Å². The summed E-state index contributed by atoms with van der Waals surface area (Å²) in [5, 5.41) is 0.601. The highest BCUT2D eigenvalue weighted by molar-refractivity contribution is 6.30. The van der Waals surface area contributed by atoms with Crippen LogP contribution in [-0.2, 0) is 6.42 Å². The van der Waals surface area contributed by atoms with Crippen molar-refractivity contribution >= 4 is 17.2 Å². The number of aromatic nitrogens is 2. The van der Waals surface area contributed by atoms with Crippen molar-refractivity contribution in [2.45, 2.75) is 20.3 Å².